The van der Waals surface area contributed by atoms with Crippen LogP contribution in [-0.2, 0) is 0 Å². The Hall–Kier alpha value is -0.800. The molecule has 1 atom stereocenters. The molecule has 5 heteroatoms. The Morgan fingerprint density at radius 1 is 1.47 bits per heavy atom. The van der Waals surface area contributed by atoms with Crippen LogP contribution in [0.4, 0.5) is 4.39 Å². The first-order valence-corrected chi connectivity index (χ1v) is 6.18. The second-order valence-electron chi connectivity index (χ2n) is 4.10. The third-order valence-electron chi connectivity index (χ3n) is 2.46. The van der Waals surface area contributed by atoms with Gasteiger partial charge in [0.25, 0.3) is 5.91 Å². The van der Waals surface area contributed by atoms with E-state index in [1.54, 1.807) is 0 Å². The zero-order valence-electron chi connectivity index (χ0n) is 9.64. The van der Waals surface area contributed by atoms with E-state index in [9.17, 15) is 9.18 Å². The smallest absolute Gasteiger partial charge is 0.254 e. The van der Waals surface area contributed by atoms with Crippen LogP contribution < -0.4 is 5.32 Å². The van der Waals surface area contributed by atoms with Gasteiger partial charge >= 0.3 is 0 Å². The van der Waals surface area contributed by atoms with E-state index in [1.165, 1.54) is 12.1 Å². The maximum atomic E-state index is 13.5. The summed E-state index contributed by atoms with van der Waals surface area (Å²) in [5, 5.41) is 2.95. The van der Waals surface area contributed by atoms with Crippen molar-refractivity contribution in [3.63, 3.8) is 0 Å². The molecule has 0 saturated heterocycles. The summed E-state index contributed by atoms with van der Waals surface area (Å²) in [4.78, 5) is 11.8. The largest absolute Gasteiger partial charge is 0.348 e. The fourth-order valence-corrected chi connectivity index (χ4v) is 1.90. The molecule has 0 heterocycles. The highest BCUT2D eigenvalue weighted by Gasteiger charge is 2.18. The van der Waals surface area contributed by atoms with Crippen molar-refractivity contribution in [3.05, 3.63) is 34.6 Å². The quantitative estimate of drug-likeness (QED) is 0.839. The molecule has 1 amide bonds. The molecule has 0 aliphatic carbocycles. The van der Waals surface area contributed by atoms with E-state index in [1.807, 2.05) is 13.8 Å². The van der Waals surface area contributed by atoms with Crippen molar-refractivity contribution in [2.24, 2.45) is 5.92 Å². The van der Waals surface area contributed by atoms with Gasteiger partial charge < -0.3 is 5.32 Å². The van der Waals surface area contributed by atoms with Crippen LogP contribution in [0.15, 0.2) is 18.2 Å². The Bertz CT molecular complexity index is 409. The lowest BCUT2D eigenvalue weighted by Gasteiger charge is -2.19. The number of carbonyl (C=O) groups is 1. The lowest BCUT2D eigenvalue weighted by atomic mass is 10.1. The molecule has 1 N–H and O–H groups in total. The minimum absolute atomic E-state index is 0.0230. The summed E-state index contributed by atoms with van der Waals surface area (Å²) in [6, 6.07) is 3.77. The molecule has 1 rings (SSSR count). The van der Waals surface area contributed by atoms with Gasteiger partial charge in [0.2, 0.25) is 0 Å². The van der Waals surface area contributed by atoms with E-state index in [-0.39, 0.29) is 22.5 Å². The molecule has 2 nitrogen and oxygen atoms in total. The first kappa shape index (κ1) is 14.3. The molecule has 17 heavy (non-hydrogen) atoms. The van der Waals surface area contributed by atoms with Gasteiger partial charge in [-0.2, -0.15) is 0 Å². The Morgan fingerprint density at radius 3 is 2.59 bits per heavy atom. The SMILES string of the molecule is CC(C)C(CCl)NC(=O)c1ccc(Cl)cc1F. The number of nitrogens with one attached hydrogen (secondary N) is 1. The van der Waals surface area contributed by atoms with Gasteiger partial charge in [-0.05, 0) is 24.1 Å². The summed E-state index contributed by atoms with van der Waals surface area (Å²) >= 11 is 11.3. The number of hydrogen-bond donors (Lipinski definition) is 1. The average Bonchev–Trinajstić information content (AvgIpc) is 2.24. The predicted octanol–water partition coefficient (Wildman–Crippen LogP) is 3.47. The molecule has 1 aromatic carbocycles. The number of amides is 1. The van der Waals surface area contributed by atoms with Crippen LogP contribution in [0.5, 0.6) is 0 Å². The standard InChI is InChI=1S/C12H14Cl2FNO/c1-7(2)11(6-13)16-12(17)9-4-3-8(14)5-10(9)15/h3-5,7,11H,6H2,1-2H3,(H,16,17). The van der Waals surface area contributed by atoms with E-state index >= 15 is 0 Å². The van der Waals surface area contributed by atoms with Crippen LogP contribution in [0.1, 0.15) is 24.2 Å². The van der Waals surface area contributed by atoms with Crippen molar-refractivity contribution < 1.29 is 9.18 Å². The molecule has 0 saturated carbocycles. The minimum Gasteiger partial charge on any atom is -0.348 e. The number of rotatable bonds is 4. The molecule has 0 aliphatic rings. The zero-order valence-corrected chi connectivity index (χ0v) is 11.1. The summed E-state index contributed by atoms with van der Waals surface area (Å²) in [6.07, 6.45) is 0. The molecule has 1 unspecified atom stereocenters. The van der Waals surface area contributed by atoms with Crippen LogP contribution in [0.2, 0.25) is 5.02 Å². The van der Waals surface area contributed by atoms with Gasteiger partial charge in [0.05, 0.1) is 5.56 Å². The Kier molecular flexibility index (Phi) is 5.22. The highest BCUT2D eigenvalue weighted by atomic mass is 35.5. The lowest BCUT2D eigenvalue weighted by Crippen LogP contribution is -2.40. The highest BCUT2D eigenvalue weighted by Crippen LogP contribution is 2.15. The molecule has 0 aliphatic heterocycles. The number of benzene rings is 1. The van der Waals surface area contributed by atoms with Crippen LogP contribution in [-0.4, -0.2) is 17.8 Å². The summed E-state index contributed by atoms with van der Waals surface area (Å²) in [6.45, 7) is 3.87. The molecule has 0 fully saturated rings. The van der Waals surface area contributed by atoms with Gasteiger partial charge in [0, 0.05) is 16.9 Å². The van der Waals surface area contributed by atoms with E-state index in [4.69, 9.17) is 23.2 Å². The van der Waals surface area contributed by atoms with Gasteiger partial charge in [-0.3, -0.25) is 4.79 Å². The molecular formula is C12H14Cl2FNO. The van der Waals surface area contributed by atoms with Gasteiger partial charge in [-0.1, -0.05) is 25.4 Å². The van der Waals surface area contributed by atoms with Crippen molar-refractivity contribution in [1.29, 1.82) is 0 Å². The Labute approximate surface area is 110 Å². The summed E-state index contributed by atoms with van der Waals surface area (Å²) < 4.78 is 13.5. The van der Waals surface area contributed by atoms with Crippen LogP contribution in [0, 0.1) is 11.7 Å². The summed E-state index contributed by atoms with van der Waals surface area (Å²) in [5.41, 5.74) is -0.0230. The first-order chi connectivity index (χ1) is 7.95. The summed E-state index contributed by atoms with van der Waals surface area (Å²) in [5.74, 6) is -0.629. The molecule has 0 aromatic heterocycles. The van der Waals surface area contributed by atoms with E-state index in [0.29, 0.717) is 5.88 Å². The fourth-order valence-electron chi connectivity index (χ4n) is 1.30. The van der Waals surface area contributed by atoms with E-state index < -0.39 is 11.7 Å². The van der Waals surface area contributed by atoms with Gasteiger partial charge in [-0.15, -0.1) is 11.6 Å². The Morgan fingerprint density at radius 2 is 2.12 bits per heavy atom. The minimum atomic E-state index is -0.632. The van der Waals surface area contributed by atoms with Crippen molar-refractivity contribution in [1.82, 2.24) is 5.32 Å². The number of alkyl halides is 1. The zero-order chi connectivity index (χ0) is 13.0. The van der Waals surface area contributed by atoms with Crippen molar-refractivity contribution >= 4 is 29.1 Å². The highest BCUT2D eigenvalue weighted by molar-refractivity contribution is 6.30. The van der Waals surface area contributed by atoms with Crippen molar-refractivity contribution in [3.8, 4) is 0 Å². The molecule has 0 radical (unpaired) electrons. The van der Waals surface area contributed by atoms with Crippen molar-refractivity contribution in [2.75, 3.05) is 5.88 Å². The summed E-state index contributed by atoms with van der Waals surface area (Å²) in [7, 11) is 0. The Balaban J connectivity index is 2.82. The van der Waals surface area contributed by atoms with Crippen molar-refractivity contribution in [2.45, 2.75) is 19.9 Å². The van der Waals surface area contributed by atoms with Crippen LogP contribution in [0.3, 0.4) is 0 Å². The van der Waals surface area contributed by atoms with Crippen LogP contribution in [0.25, 0.3) is 0 Å². The third kappa shape index (κ3) is 3.86. The number of halogens is 3. The molecular weight excluding hydrogens is 264 g/mol. The average molecular weight is 278 g/mol. The van der Waals surface area contributed by atoms with E-state index in [2.05, 4.69) is 5.32 Å². The molecule has 0 bridgehead atoms. The van der Waals surface area contributed by atoms with Gasteiger partial charge in [-0.25, -0.2) is 4.39 Å². The third-order valence-corrected chi connectivity index (χ3v) is 3.03. The van der Waals surface area contributed by atoms with Gasteiger partial charge in [0.1, 0.15) is 5.82 Å². The fraction of sp³-hybridized carbons (Fsp3) is 0.417. The number of carbonyl (C=O) groups excluding carboxylic acids is 1. The maximum Gasteiger partial charge on any atom is 0.254 e. The molecule has 1 aromatic rings. The number of hydrogen-bond acceptors (Lipinski definition) is 1. The normalized spacial score (nSPS) is 12.6. The molecule has 0 spiro atoms. The van der Waals surface area contributed by atoms with Crippen LogP contribution >= 0.6 is 23.2 Å². The second kappa shape index (κ2) is 6.22. The monoisotopic (exact) mass is 277 g/mol. The van der Waals surface area contributed by atoms with Gasteiger partial charge in [0.15, 0.2) is 0 Å². The lowest BCUT2D eigenvalue weighted by molar-refractivity contribution is 0.0927. The first-order valence-electron chi connectivity index (χ1n) is 5.27. The second-order valence-corrected chi connectivity index (χ2v) is 4.85. The predicted molar refractivity (Wildman–Crippen MR) is 68.2 cm³/mol. The molecule has 94 valence electrons. The van der Waals surface area contributed by atoms with E-state index in [0.717, 1.165) is 6.07 Å². The maximum absolute atomic E-state index is 13.5. The topological polar surface area (TPSA) is 29.1 Å².